The average Bonchev–Trinajstić information content (AvgIpc) is 2.37. The second-order valence-electron chi connectivity index (χ2n) is 3.53. The van der Waals surface area contributed by atoms with E-state index in [9.17, 15) is 14.7 Å². The first-order chi connectivity index (χ1) is 8.93. The molecule has 0 heterocycles. The summed E-state index contributed by atoms with van der Waals surface area (Å²) in [5.74, 6) is -3.05. The van der Waals surface area contributed by atoms with Gasteiger partial charge in [0.15, 0.2) is 11.5 Å². The molecule has 0 aliphatic rings. The molecule has 7 heteroatoms. The van der Waals surface area contributed by atoms with Crippen LogP contribution in [0, 0.1) is 0 Å². The van der Waals surface area contributed by atoms with Crippen molar-refractivity contribution in [2.45, 2.75) is 6.10 Å². The van der Waals surface area contributed by atoms with Crippen LogP contribution in [0.3, 0.4) is 0 Å². The van der Waals surface area contributed by atoms with Crippen LogP contribution in [0.15, 0.2) is 24.3 Å². The van der Waals surface area contributed by atoms with Crippen molar-refractivity contribution in [3.05, 3.63) is 29.8 Å². The Morgan fingerprint density at radius 1 is 1.26 bits per heavy atom. The molecule has 0 spiro atoms. The molecule has 0 amide bonds. The quantitative estimate of drug-likeness (QED) is 0.339. The Kier molecular flexibility index (Phi) is 4.90. The first-order valence-corrected chi connectivity index (χ1v) is 5.18. The van der Waals surface area contributed by atoms with Crippen molar-refractivity contribution in [2.75, 3.05) is 6.61 Å². The molecule has 1 aromatic rings. The molecule has 0 saturated heterocycles. The third kappa shape index (κ3) is 4.32. The van der Waals surface area contributed by atoms with Gasteiger partial charge in [0.05, 0.1) is 6.61 Å². The minimum atomic E-state index is -1.62. The van der Waals surface area contributed by atoms with E-state index in [0.29, 0.717) is 5.56 Å². The lowest BCUT2D eigenvalue weighted by Crippen LogP contribution is -2.29. The normalized spacial score (nSPS) is 12.3. The standard InChI is InChI=1S/C12H12O7/c13-6-10(12(17)18)19-11(16)4-2-7-1-3-8(14)9(15)5-7/h1-5,10,13-15H,6H2,(H,17,18)/b4-2+/t10-/m1/s1. The Bertz CT molecular complexity index is 507. The molecule has 7 nitrogen and oxygen atoms in total. The molecule has 0 aliphatic carbocycles. The van der Waals surface area contributed by atoms with Gasteiger partial charge in [-0.2, -0.15) is 0 Å². The first-order valence-electron chi connectivity index (χ1n) is 5.18. The number of carbonyl (C=O) groups excluding carboxylic acids is 1. The van der Waals surface area contributed by atoms with E-state index in [4.69, 9.17) is 15.3 Å². The fourth-order valence-electron chi connectivity index (χ4n) is 1.15. The third-order valence-electron chi connectivity index (χ3n) is 2.11. The molecular formula is C12H12O7. The number of aliphatic hydroxyl groups excluding tert-OH is 1. The largest absolute Gasteiger partial charge is 0.504 e. The van der Waals surface area contributed by atoms with Crippen LogP contribution < -0.4 is 0 Å². The highest BCUT2D eigenvalue weighted by Crippen LogP contribution is 2.25. The lowest BCUT2D eigenvalue weighted by atomic mass is 10.2. The van der Waals surface area contributed by atoms with Crippen LogP contribution >= 0.6 is 0 Å². The van der Waals surface area contributed by atoms with E-state index in [1.54, 1.807) is 0 Å². The van der Waals surface area contributed by atoms with Gasteiger partial charge in [-0.15, -0.1) is 0 Å². The second kappa shape index (κ2) is 6.41. The van der Waals surface area contributed by atoms with Crippen LogP contribution in [0.5, 0.6) is 11.5 Å². The molecule has 0 aromatic heterocycles. The topological polar surface area (TPSA) is 124 Å². The number of hydrogen-bond acceptors (Lipinski definition) is 6. The molecule has 0 radical (unpaired) electrons. The van der Waals surface area contributed by atoms with Crippen LogP contribution in [-0.2, 0) is 14.3 Å². The van der Waals surface area contributed by atoms with Gasteiger partial charge in [-0.1, -0.05) is 6.07 Å². The molecular weight excluding hydrogens is 256 g/mol. The van der Waals surface area contributed by atoms with Crippen molar-refractivity contribution in [1.82, 2.24) is 0 Å². The van der Waals surface area contributed by atoms with Crippen LogP contribution in [0.4, 0.5) is 0 Å². The number of ether oxygens (including phenoxy) is 1. The summed E-state index contributed by atoms with van der Waals surface area (Å²) in [5.41, 5.74) is 0.406. The van der Waals surface area contributed by atoms with Crippen LogP contribution in [0.25, 0.3) is 6.08 Å². The fraction of sp³-hybridized carbons (Fsp3) is 0.167. The highest BCUT2D eigenvalue weighted by Gasteiger charge is 2.19. The Morgan fingerprint density at radius 2 is 1.95 bits per heavy atom. The van der Waals surface area contributed by atoms with Gasteiger partial charge in [0.1, 0.15) is 0 Å². The van der Waals surface area contributed by atoms with Gasteiger partial charge in [-0.05, 0) is 23.8 Å². The number of hydrogen-bond donors (Lipinski definition) is 4. The van der Waals surface area contributed by atoms with E-state index in [0.717, 1.165) is 6.08 Å². The molecule has 102 valence electrons. The SMILES string of the molecule is O=C(/C=C/c1ccc(O)c(O)c1)O[C@H](CO)C(=O)O. The maximum atomic E-state index is 11.2. The monoisotopic (exact) mass is 268 g/mol. The number of esters is 1. The van der Waals surface area contributed by atoms with E-state index in [2.05, 4.69) is 4.74 Å². The zero-order valence-electron chi connectivity index (χ0n) is 9.68. The summed E-state index contributed by atoms with van der Waals surface area (Å²) in [7, 11) is 0. The smallest absolute Gasteiger partial charge is 0.347 e. The molecule has 0 saturated carbocycles. The van der Waals surface area contributed by atoms with E-state index in [-0.39, 0.29) is 11.5 Å². The Morgan fingerprint density at radius 3 is 2.47 bits per heavy atom. The van der Waals surface area contributed by atoms with Crippen LogP contribution in [0.2, 0.25) is 0 Å². The Hall–Kier alpha value is -2.54. The number of rotatable bonds is 5. The van der Waals surface area contributed by atoms with Crippen molar-refractivity contribution in [1.29, 1.82) is 0 Å². The number of aliphatic carboxylic acids is 1. The minimum Gasteiger partial charge on any atom is -0.504 e. The average molecular weight is 268 g/mol. The summed E-state index contributed by atoms with van der Waals surface area (Å²) in [5, 5.41) is 35.5. The molecule has 0 unspecified atom stereocenters. The maximum absolute atomic E-state index is 11.2. The lowest BCUT2D eigenvalue weighted by Gasteiger charge is -2.08. The highest BCUT2D eigenvalue weighted by molar-refractivity contribution is 5.89. The predicted octanol–water partition coefficient (Wildman–Crippen LogP) is 0.0997. The van der Waals surface area contributed by atoms with Gasteiger partial charge in [-0.3, -0.25) is 0 Å². The van der Waals surface area contributed by atoms with Crippen molar-refractivity contribution >= 4 is 18.0 Å². The van der Waals surface area contributed by atoms with E-state index in [1.165, 1.54) is 24.3 Å². The Balaban J connectivity index is 2.68. The second-order valence-corrected chi connectivity index (χ2v) is 3.53. The molecule has 1 aromatic carbocycles. The van der Waals surface area contributed by atoms with Crippen molar-refractivity contribution in [2.24, 2.45) is 0 Å². The van der Waals surface area contributed by atoms with Gasteiger partial charge >= 0.3 is 11.9 Å². The van der Waals surface area contributed by atoms with Crippen molar-refractivity contribution in [3.63, 3.8) is 0 Å². The third-order valence-corrected chi connectivity index (χ3v) is 2.11. The summed E-state index contributed by atoms with van der Waals surface area (Å²) in [6, 6.07) is 3.87. The molecule has 1 atom stereocenters. The van der Waals surface area contributed by atoms with Gasteiger partial charge in [0.25, 0.3) is 0 Å². The first kappa shape index (κ1) is 14.5. The highest BCUT2D eigenvalue weighted by atomic mass is 16.6. The predicted molar refractivity (Wildman–Crippen MR) is 63.4 cm³/mol. The number of carbonyl (C=O) groups is 2. The number of aromatic hydroxyl groups is 2. The number of phenolic OH excluding ortho intramolecular Hbond substituents is 2. The Labute approximate surface area is 108 Å². The number of aliphatic hydroxyl groups is 1. The number of phenols is 2. The fourth-order valence-corrected chi connectivity index (χ4v) is 1.15. The molecule has 0 fully saturated rings. The number of carboxylic acid groups (broad SMARTS) is 1. The van der Waals surface area contributed by atoms with Gasteiger partial charge in [0.2, 0.25) is 6.10 Å². The molecule has 4 N–H and O–H groups in total. The van der Waals surface area contributed by atoms with Crippen LogP contribution in [0.1, 0.15) is 5.56 Å². The van der Waals surface area contributed by atoms with Gasteiger partial charge < -0.3 is 25.2 Å². The van der Waals surface area contributed by atoms with Crippen molar-refractivity contribution < 1.29 is 34.8 Å². The summed E-state index contributed by atoms with van der Waals surface area (Å²) in [6.45, 7) is -0.824. The summed E-state index contributed by atoms with van der Waals surface area (Å²) in [4.78, 5) is 21.7. The summed E-state index contributed by atoms with van der Waals surface area (Å²) >= 11 is 0. The van der Waals surface area contributed by atoms with E-state index >= 15 is 0 Å². The maximum Gasteiger partial charge on any atom is 0.347 e. The van der Waals surface area contributed by atoms with Gasteiger partial charge in [-0.25, -0.2) is 9.59 Å². The zero-order chi connectivity index (χ0) is 14.4. The van der Waals surface area contributed by atoms with E-state index < -0.39 is 24.6 Å². The molecule has 19 heavy (non-hydrogen) atoms. The minimum absolute atomic E-state index is 0.300. The summed E-state index contributed by atoms with van der Waals surface area (Å²) in [6.07, 6.45) is 0.584. The summed E-state index contributed by atoms with van der Waals surface area (Å²) < 4.78 is 4.45. The lowest BCUT2D eigenvalue weighted by molar-refractivity contribution is -0.163. The molecule has 0 bridgehead atoms. The number of benzene rings is 1. The molecule has 0 aliphatic heterocycles. The van der Waals surface area contributed by atoms with Crippen LogP contribution in [-0.4, -0.2) is 45.1 Å². The van der Waals surface area contributed by atoms with E-state index in [1.807, 2.05) is 0 Å². The molecule has 1 rings (SSSR count). The number of carboxylic acids is 1. The van der Waals surface area contributed by atoms with Gasteiger partial charge in [0, 0.05) is 6.08 Å². The zero-order valence-corrected chi connectivity index (χ0v) is 9.68. The van der Waals surface area contributed by atoms with Crippen molar-refractivity contribution in [3.8, 4) is 11.5 Å².